The summed E-state index contributed by atoms with van der Waals surface area (Å²) in [5, 5.41) is 9.52. The van der Waals surface area contributed by atoms with Crippen molar-refractivity contribution in [3.63, 3.8) is 0 Å². The average molecular weight is 238 g/mol. The third-order valence-electron chi connectivity index (χ3n) is 2.52. The molecule has 0 saturated carbocycles. The smallest absolute Gasteiger partial charge is 0.167 e. The fourth-order valence-electron chi connectivity index (χ4n) is 1.58. The molecule has 0 aromatic heterocycles. The second kappa shape index (κ2) is 4.13. The highest BCUT2D eigenvalue weighted by molar-refractivity contribution is 5.71. The number of aryl methyl sites for hydroxylation is 1. The maximum Gasteiger partial charge on any atom is 0.167 e. The molecule has 1 nitrogen and oxygen atoms in total. The minimum Gasteiger partial charge on any atom is -0.507 e. The first-order chi connectivity index (χ1) is 8.00. The van der Waals surface area contributed by atoms with Gasteiger partial charge in [-0.1, -0.05) is 12.1 Å². The normalized spacial score (nSPS) is 10.6. The molecule has 2 aromatic carbocycles. The molecule has 0 fully saturated rings. The molecule has 0 unspecified atom stereocenters. The highest BCUT2D eigenvalue weighted by Gasteiger charge is 2.15. The molecule has 1 N–H and O–H groups in total. The Hall–Kier alpha value is -1.97. The Morgan fingerprint density at radius 3 is 2.29 bits per heavy atom. The van der Waals surface area contributed by atoms with Crippen LogP contribution in [0.1, 0.15) is 5.56 Å². The summed E-state index contributed by atoms with van der Waals surface area (Å²) < 4.78 is 40.0. The molecule has 0 aliphatic rings. The zero-order valence-corrected chi connectivity index (χ0v) is 8.97. The molecule has 0 aliphatic heterocycles. The third-order valence-corrected chi connectivity index (χ3v) is 2.52. The monoisotopic (exact) mass is 238 g/mol. The van der Waals surface area contributed by atoms with Crippen LogP contribution in [0.5, 0.6) is 5.75 Å². The SMILES string of the molecule is Cc1ccc(-c2cc(F)ccc2O)c(F)c1F. The molecule has 0 saturated heterocycles. The molecule has 0 spiro atoms. The molecule has 0 atom stereocenters. The topological polar surface area (TPSA) is 20.2 Å². The van der Waals surface area contributed by atoms with Gasteiger partial charge in [-0.25, -0.2) is 13.2 Å². The van der Waals surface area contributed by atoms with E-state index in [0.29, 0.717) is 0 Å². The number of hydrogen-bond acceptors (Lipinski definition) is 1. The van der Waals surface area contributed by atoms with E-state index in [-0.39, 0.29) is 22.4 Å². The van der Waals surface area contributed by atoms with Crippen molar-refractivity contribution in [1.29, 1.82) is 0 Å². The van der Waals surface area contributed by atoms with E-state index < -0.39 is 17.5 Å². The van der Waals surface area contributed by atoms with Crippen LogP contribution in [0.15, 0.2) is 30.3 Å². The second-order valence-electron chi connectivity index (χ2n) is 3.72. The highest BCUT2D eigenvalue weighted by Crippen LogP contribution is 2.33. The van der Waals surface area contributed by atoms with Crippen LogP contribution >= 0.6 is 0 Å². The Bertz CT molecular complexity index is 579. The summed E-state index contributed by atoms with van der Waals surface area (Å²) in [6, 6.07) is 5.78. The quantitative estimate of drug-likeness (QED) is 0.801. The van der Waals surface area contributed by atoms with Crippen molar-refractivity contribution in [2.24, 2.45) is 0 Å². The lowest BCUT2D eigenvalue weighted by molar-refractivity contribution is 0.473. The summed E-state index contributed by atoms with van der Waals surface area (Å²) in [7, 11) is 0. The van der Waals surface area contributed by atoms with Gasteiger partial charge in [0.05, 0.1) is 0 Å². The Balaban J connectivity index is 2.69. The fourth-order valence-corrected chi connectivity index (χ4v) is 1.58. The summed E-state index contributed by atoms with van der Waals surface area (Å²) in [5.41, 5.74) is -0.0753. The Labute approximate surface area is 96.1 Å². The van der Waals surface area contributed by atoms with Crippen molar-refractivity contribution in [2.75, 3.05) is 0 Å². The van der Waals surface area contributed by atoms with Gasteiger partial charge in [0.25, 0.3) is 0 Å². The molecule has 0 heterocycles. The van der Waals surface area contributed by atoms with E-state index >= 15 is 0 Å². The van der Waals surface area contributed by atoms with Crippen LogP contribution in [0.2, 0.25) is 0 Å². The zero-order chi connectivity index (χ0) is 12.6. The van der Waals surface area contributed by atoms with Gasteiger partial charge in [-0.15, -0.1) is 0 Å². The van der Waals surface area contributed by atoms with Gasteiger partial charge in [-0.05, 0) is 30.7 Å². The van der Waals surface area contributed by atoms with E-state index in [4.69, 9.17) is 0 Å². The van der Waals surface area contributed by atoms with Crippen LogP contribution in [0.4, 0.5) is 13.2 Å². The van der Waals surface area contributed by atoms with E-state index in [1.54, 1.807) is 0 Å². The van der Waals surface area contributed by atoms with Crippen LogP contribution in [-0.4, -0.2) is 5.11 Å². The lowest BCUT2D eigenvalue weighted by Gasteiger charge is -2.08. The standard InChI is InChI=1S/C13H9F3O/c1-7-2-4-9(13(16)12(7)15)10-6-8(14)3-5-11(10)17/h2-6,17H,1H3. The minimum atomic E-state index is -1.09. The molecule has 0 radical (unpaired) electrons. The number of phenols is 1. The lowest BCUT2D eigenvalue weighted by Crippen LogP contribution is -1.93. The Morgan fingerprint density at radius 1 is 0.882 bits per heavy atom. The molecule has 2 rings (SSSR count). The van der Waals surface area contributed by atoms with Gasteiger partial charge in [0.15, 0.2) is 11.6 Å². The average Bonchev–Trinajstić information content (AvgIpc) is 2.30. The van der Waals surface area contributed by atoms with Crippen molar-refractivity contribution in [3.8, 4) is 16.9 Å². The Kier molecular flexibility index (Phi) is 2.79. The molecule has 0 aliphatic carbocycles. The molecule has 0 bridgehead atoms. The third kappa shape index (κ3) is 1.98. The van der Waals surface area contributed by atoms with Gasteiger partial charge in [-0.2, -0.15) is 0 Å². The van der Waals surface area contributed by atoms with Crippen molar-refractivity contribution in [2.45, 2.75) is 6.92 Å². The molecular weight excluding hydrogens is 229 g/mol. The van der Waals surface area contributed by atoms with Crippen LogP contribution in [0.3, 0.4) is 0 Å². The van der Waals surface area contributed by atoms with Crippen molar-refractivity contribution in [3.05, 3.63) is 53.3 Å². The van der Waals surface area contributed by atoms with Gasteiger partial charge in [-0.3, -0.25) is 0 Å². The number of hydrogen-bond donors (Lipinski definition) is 1. The van der Waals surface area contributed by atoms with Crippen molar-refractivity contribution in [1.82, 2.24) is 0 Å². The zero-order valence-electron chi connectivity index (χ0n) is 8.97. The van der Waals surface area contributed by atoms with Gasteiger partial charge >= 0.3 is 0 Å². The summed E-state index contributed by atoms with van der Waals surface area (Å²) in [6.07, 6.45) is 0. The fraction of sp³-hybridized carbons (Fsp3) is 0.0769. The first kappa shape index (κ1) is 11.5. The van der Waals surface area contributed by atoms with Crippen molar-refractivity contribution < 1.29 is 18.3 Å². The van der Waals surface area contributed by atoms with Gasteiger partial charge in [0.2, 0.25) is 0 Å². The predicted octanol–water partition coefficient (Wildman–Crippen LogP) is 3.78. The molecule has 17 heavy (non-hydrogen) atoms. The van der Waals surface area contributed by atoms with Crippen LogP contribution < -0.4 is 0 Å². The predicted molar refractivity (Wildman–Crippen MR) is 58.2 cm³/mol. The summed E-state index contributed by atoms with van der Waals surface area (Å²) in [4.78, 5) is 0. The lowest BCUT2D eigenvalue weighted by atomic mass is 10.0. The summed E-state index contributed by atoms with van der Waals surface area (Å²) in [6.45, 7) is 1.42. The summed E-state index contributed by atoms with van der Waals surface area (Å²) >= 11 is 0. The number of phenolic OH excluding ortho intramolecular Hbond substituents is 1. The molecular formula is C13H9F3O. The maximum absolute atomic E-state index is 13.7. The molecule has 88 valence electrons. The largest absolute Gasteiger partial charge is 0.507 e. The summed E-state index contributed by atoms with van der Waals surface area (Å²) in [5.74, 6) is -3.01. The van der Waals surface area contributed by atoms with E-state index in [1.165, 1.54) is 19.1 Å². The molecule has 0 amide bonds. The first-order valence-corrected chi connectivity index (χ1v) is 4.94. The van der Waals surface area contributed by atoms with E-state index in [2.05, 4.69) is 0 Å². The van der Waals surface area contributed by atoms with Crippen LogP contribution in [0, 0.1) is 24.4 Å². The van der Waals surface area contributed by atoms with Crippen LogP contribution in [0.25, 0.3) is 11.1 Å². The maximum atomic E-state index is 13.7. The van der Waals surface area contributed by atoms with E-state index in [0.717, 1.165) is 18.2 Å². The van der Waals surface area contributed by atoms with Crippen molar-refractivity contribution >= 4 is 0 Å². The van der Waals surface area contributed by atoms with E-state index in [9.17, 15) is 18.3 Å². The van der Waals surface area contributed by atoms with Gasteiger partial charge in [0.1, 0.15) is 11.6 Å². The highest BCUT2D eigenvalue weighted by atomic mass is 19.2. The second-order valence-corrected chi connectivity index (χ2v) is 3.72. The first-order valence-electron chi connectivity index (χ1n) is 4.94. The number of benzene rings is 2. The minimum absolute atomic E-state index is 0.0681. The van der Waals surface area contributed by atoms with E-state index in [1.807, 2.05) is 0 Å². The number of aromatic hydroxyl groups is 1. The Morgan fingerprint density at radius 2 is 1.59 bits per heavy atom. The van der Waals surface area contributed by atoms with Gasteiger partial charge in [0, 0.05) is 11.1 Å². The van der Waals surface area contributed by atoms with Crippen LogP contribution in [-0.2, 0) is 0 Å². The van der Waals surface area contributed by atoms with Gasteiger partial charge < -0.3 is 5.11 Å². The number of rotatable bonds is 1. The number of halogens is 3. The molecule has 2 aromatic rings. The molecule has 4 heteroatoms.